The van der Waals surface area contributed by atoms with Crippen LogP contribution in [-0.4, -0.2) is 78.0 Å². The standard InChI is InChI=1S/C20H38O8/c1-5-9-20(6-2,18(21)27-16-14-25-12-10-23-7-3)19(22)28-17-15-26-13-11-24-8-4/h5-17H2,1-4H3. The summed E-state index contributed by atoms with van der Waals surface area (Å²) in [5.74, 6) is -1.12. The highest BCUT2D eigenvalue weighted by atomic mass is 16.6. The first-order valence-electron chi connectivity index (χ1n) is 10.2. The molecule has 8 heteroatoms. The van der Waals surface area contributed by atoms with Crippen molar-refractivity contribution in [3.63, 3.8) is 0 Å². The summed E-state index contributed by atoms with van der Waals surface area (Å²) >= 11 is 0. The van der Waals surface area contributed by atoms with Gasteiger partial charge in [0.25, 0.3) is 0 Å². The van der Waals surface area contributed by atoms with Crippen LogP contribution in [0.1, 0.15) is 47.0 Å². The molecular weight excluding hydrogens is 368 g/mol. The van der Waals surface area contributed by atoms with Gasteiger partial charge in [0.1, 0.15) is 13.2 Å². The van der Waals surface area contributed by atoms with E-state index in [4.69, 9.17) is 28.4 Å². The maximum atomic E-state index is 12.6. The normalized spacial score (nSPS) is 11.4. The van der Waals surface area contributed by atoms with Gasteiger partial charge < -0.3 is 28.4 Å². The van der Waals surface area contributed by atoms with E-state index in [1.54, 1.807) is 6.92 Å². The molecule has 0 aromatic rings. The van der Waals surface area contributed by atoms with Crippen LogP contribution >= 0.6 is 0 Å². The molecule has 0 aromatic heterocycles. The summed E-state index contributed by atoms with van der Waals surface area (Å²) in [6, 6.07) is 0. The zero-order valence-corrected chi connectivity index (χ0v) is 18.0. The largest absolute Gasteiger partial charge is 0.462 e. The van der Waals surface area contributed by atoms with Crippen molar-refractivity contribution in [3.05, 3.63) is 0 Å². The summed E-state index contributed by atoms with van der Waals surface area (Å²) in [6.07, 6.45) is 1.35. The highest BCUT2D eigenvalue weighted by Crippen LogP contribution is 2.31. The Kier molecular flexibility index (Phi) is 17.1. The van der Waals surface area contributed by atoms with Gasteiger partial charge in [0, 0.05) is 13.2 Å². The van der Waals surface area contributed by atoms with E-state index >= 15 is 0 Å². The predicted octanol–water partition coefficient (Wildman–Crippen LogP) is 2.38. The van der Waals surface area contributed by atoms with Crippen molar-refractivity contribution in [3.8, 4) is 0 Å². The minimum absolute atomic E-state index is 0.0875. The molecule has 0 saturated carbocycles. The number of rotatable bonds is 19. The first kappa shape index (κ1) is 26.8. The molecule has 0 N–H and O–H groups in total. The Morgan fingerprint density at radius 3 is 1.36 bits per heavy atom. The third-order valence-corrected chi connectivity index (χ3v) is 4.14. The van der Waals surface area contributed by atoms with Crippen molar-refractivity contribution in [1.29, 1.82) is 0 Å². The fourth-order valence-electron chi connectivity index (χ4n) is 2.57. The monoisotopic (exact) mass is 406 g/mol. The Balaban J connectivity index is 4.37. The average molecular weight is 407 g/mol. The van der Waals surface area contributed by atoms with Crippen LogP contribution in [0.3, 0.4) is 0 Å². The summed E-state index contributed by atoms with van der Waals surface area (Å²) < 4.78 is 31.6. The Hall–Kier alpha value is -1.22. The molecule has 0 spiro atoms. The topological polar surface area (TPSA) is 89.5 Å². The molecule has 0 aliphatic rings. The Morgan fingerprint density at radius 2 is 1.00 bits per heavy atom. The summed E-state index contributed by atoms with van der Waals surface area (Å²) in [5.41, 5.74) is -1.29. The molecule has 0 bridgehead atoms. The third kappa shape index (κ3) is 10.9. The van der Waals surface area contributed by atoms with Gasteiger partial charge in [-0.3, -0.25) is 9.59 Å². The van der Waals surface area contributed by atoms with Crippen LogP contribution < -0.4 is 0 Å². The van der Waals surface area contributed by atoms with Crippen molar-refractivity contribution in [2.45, 2.75) is 47.0 Å². The molecule has 0 saturated heterocycles. The van der Waals surface area contributed by atoms with Gasteiger partial charge in [0.05, 0.1) is 39.6 Å². The summed E-state index contributed by atoms with van der Waals surface area (Å²) in [5, 5.41) is 0. The predicted molar refractivity (Wildman–Crippen MR) is 104 cm³/mol. The Labute approximate surface area is 169 Å². The maximum absolute atomic E-state index is 12.6. The number of esters is 2. The zero-order chi connectivity index (χ0) is 21.1. The van der Waals surface area contributed by atoms with E-state index in [2.05, 4.69) is 0 Å². The Bertz CT molecular complexity index is 370. The maximum Gasteiger partial charge on any atom is 0.323 e. The smallest absolute Gasteiger partial charge is 0.323 e. The van der Waals surface area contributed by atoms with Crippen molar-refractivity contribution >= 4 is 11.9 Å². The summed E-state index contributed by atoms with van der Waals surface area (Å²) in [4.78, 5) is 25.2. The SMILES string of the molecule is CCCC(CC)(C(=O)OCCOCCOCC)C(=O)OCCOCCOCC. The van der Waals surface area contributed by atoms with Crippen LogP contribution in [0.5, 0.6) is 0 Å². The van der Waals surface area contributed by atoms with Crippen molar-refractivity contribution in [1.82, 2.24) is 0 Å². The second-order valence-corrected chi connectivity index (χ2v) is 6.08. The van der Waals surface area contributed by atoms with Gasteiger partial charge in [0.2, 0.25) is 0 Å². The van der Waals surface area contributed by atoms with Crippen molar-refractivity contribution in [2.24, 2.45) is 5.41 Å². The molecule has 0 aliphatic carbocycles. The molecule has 0 amide bonds. The van der Waals surface area contributed by atoms with Crippen molar-refractivity contribution < 1.29 is 38.0 Å². The molecule has 0 atom stereocenters. The quantitative estimate of drug-likeness (QED) is 0.183. The van der Waals surface area contributed by atoms with E-state index in [-0.39, 0.29) is 26.4 Å². The summed E-state index contributed by atoms with van der Waals surface area (Å²) in [6.45, 7) is 11.3. The number of hydrogen-bond acceptors (Lipinski definition) is 8. The van der Waals surface area contributed by atoms with E-state index in [1.807, 2.05) is 20.8 Å². The van der Waals surface area contributed by atoms with Gasteiger partial charge in [-0.1, -0.05) is 20.3 Å². The van der Waals surface area contributed by atoms with Crippen LogP contribution in [0, 0.1) is 5.41 Å². The number of ether oxygens (including phenoxy) is 6. The van der Waals surface area contributed by atoms with Crippen LogP contribution in [0.4, 0.5) is 0 Å². The lowest BCUT2D eigenvalue weighted by atomic mass is 9.81. The molecule has 166 valence electrons. The molecule has 0 unspecified atom stereocenters. The molecule has 28 heavy (non-hydrogen) atoms. The summed E-state index contributed by atoms with van der Waals surface area (Å²) in [7, 11) is 0. The molecule has 0 fully saturated rings. The van der Waals surface area contributed by atoms with Crippen LogP contribution in [0.15, 0.2) is 0 Å². The van der Waals surface area contributed by atoms with E-state index < -0.39 is 17.4 Å². The van der Waals surface area contributed by atoms with Crippen molar-refractivity contribution in [2.75, 3.05) is 66.1 Å². The molecule has 0 aliphatic heterocycles. The minimum Gasteiger partial charge on any atom is -0.462 e. The first-order valence-corrected chi connectivity index (χ1v) is 10.2. The van der Waals surface area contributed by atoms with E-state index in [9.17, 15) is 9.59 Å². The lowest BCUT2D eigenvalue weighted by molar-refractivity contribution is -0.175. The van der Waals surface area contributed by atoms with E-state index in [1.165, 1.54) is 0 Å². The van der Waals surface area contributed by atoms with Crippen LogP contribution in [0.25, 0.3) is 0 Å². The van der Waals surface area contributed by atoms with E-state index in [0.717, 1.165) is 0 Å². The molecular formula is C20H38O8. The Morgan fingerprint density at radius 1 is 0.607 bits per heavy atom. The molecule has 0 rings (SSSR count). The van der Waals surface area contributed by atoms with Gasteiger partial charge in [-0.15, -0.1) is 0 Å². The van der Waals surface area contributed by atoms with Gasteiger partial charge >= 0.3 is 11.9 Å². The third-order valence-electron chi connectivity index (χ3n) is 4.14. The minimum atomic E-state index is -1.29. The van der Waals surface area contributed by atoms with Gasteiger partial charge in [0.15, 0.2) is 5.41 Å². The first-order chi connectivity index (χ1) is 13.6. The molecule has 0 radical (unpaired) electrons. The van der Waals surface area contributed by atoms with Gasteiger partial charge in [-0.25, -0.2) is 0 Å². The lowest BCUT2D eigenvalue weighted by Gasteiger charge is -2.27. The van der Waals surface area contributed by atoms with Crippen LogP contribution in [-0.2, 0) is 38.0 Å². The number of hydrogen-bond donors (Lipinski definition) is 0. The fraction of sp³-hybridized carbons (Fsp3) is 0.900. The van der Waals surface area contributed by atoms with Gasteiger partial charge in [-0.05, 0) is 26.7 Å². The van der Waals surface area contributed by atoms with Crippen LogP contribution in [0.2, 0.25) is 0 Å². The van der Waals surface area contributed by atoms with Gasteiger partial charge in [-0.2, -0.15) is 0 Å². The number of carbonyl (C=O) groups excluding carboxylic acids is 2. The lowest BCUT2D eigenvalue weighted by Crippen LogP contribution is -2.42. The highest BCUT2D eigenvalue weighted by molar-refractivity contribution is 6.00. The second kappa shape index (κ2) is 17.8. The second-order valence-electron chi connectivity index (χ2n) is 6.08. The molecule has 8 nitrogen and oxygen atoms in total. The zero-order valence-electron chi connectivity index (χ0n) is 18.0. The average Bonchev–Trinajstić information content (AvgIpc) is 2.70. The fourth-order valence-corrected chi connectivity index (χ4v) is 2.57. The molecule has 0 heterocycles. The number of carbonyl (C=O) groups is 2. The molecule has 0 aromatic carbocycles. The highest BCUT2D eigenvalue weighted by Gasteiger charge is 2.46. The van der Waals surface area contributed by atoms with E-state index in [0.29, 0.717) is 58.9 Å².